The first kappa shape index (κ1) is 19.0. The average Bonchev–Trinajstić information content (AvgIpc) is 3.11. The van der Waals surface area contributed by atoms with Crippen molar-refractivity contribution in [3.05, 3.63) is 29.8 Å². The Kier molecular flexibility index (Phi) is 6.49. The van der Waals surface area contributed by atoms with Crippen molar-refractivity contribution in [2.75, 3.05) is 40.0 Å². The summed E-state index contributed by atoms with van der Waals surface area (Å²) in [6.07, 6.45) is 2.44. The highest BCUT2D eigenvalue weighted by molar-refractivity contribution is 5.85. The molecule has 0 saturated carbocycles. The third-order valence-corrected chi connectivity index (χ3v) is 5.35. The van der Waals surface area contributed by atoms with Crippen molar-refractivity contribution in [2.24, 2.45) is 11.1 Å². The minimum atomic E-state index is -0.423. The van der Waals surface area contributed by atoms with Gasteiger partial charge in [-0.05, 0) is 30.9 Å². The smallest absolute Gasteiger partial charge is 0.230 e. The molecule has 2 heterocycles. The van der Waals surface area contributed by atoms with Crippen molar-refractivity contribution in [1.29, 1.82) is 0 Å². The number of hydrogen-bond donors (Lipinski definition) is 1. The molecule has 2 N–H and O–H groups in total. The number of nitrogens with zero attached hydrogens (tertiary/aromatic N) is 1. The molecule has 0 aromatic heterocycles. The third kappa shape index (κ3) is 3.53. The van der Waals surface area contributed by atoms with Crippen LogP contribution in [0.25, 0.3) is 0 Å². The molecule has 1 amide bonds. The second-order valence-corrected chi connectivity index (χ2v) is 6.58. The second kappa shape index (κ2) is 8.19. The van der Waals surface area contributed by atoms with E-state index in [1.807, 2.05) is 23.1 Å². The zero-order chi connectivity index (χ0) is 16.3. The summed E-state index contributed by atoms with van der Waals surface area (Å²) in [4.78, 5) is 15.0. The summed E-state index contributed by atoms with van der Waals surface area (Å²) in [6.45, 7) is 3.22. The maximum absolute atomic E-state index is 13.0. The number of carbonyl (C=O) groups excluding carboxylic acids is 1. The Morgan fingerprint density at radius 2 is 2.08 bits per heavy atom. The van der Waals surface area contributed by atoms with Gasteiger partial charge in [-0.1, -0.05) is 18.2 Å². The van der Waals surface area contributed by atoms with E-state index in [1.165, 1.54) is 5.56 Å². The Morgan fingerprint density at radius 3 is 2.75 bits per heavy atom. The van der Waals surface area contributed by atoms with Crippen molar-refractivity contribution >= 4 is 18.3 Å². The van der Waals surface area contributed by atoms with Crippen molar-refractivity contribution in [2.45, 2.75) is 25.2 Å². The Bertz CT molecular complexity index is 561. The molecule has 1 unspecified atom stereocenters. The van der Waals surface area contributed by atoms with Crippen LogP contribution in [-0.4, -0.2) is 50.8 Å². The second-order valence-electron chi connectivity index (χ2n) is 6.58. The molecule has 2 fully saturated rings. The van der Waals surface area contributed by atoms with Crippen LogP contribution in [0.15, 0.2) is 24.3 Å². The first-order valence-corrected chi connectivity index (χ1v) is 8.40. The van der Waals surface area contributed by atoms with Gasteiger partial charge in [0.25, 0.3) is 0 Å². The van der Waals surface area contributed by atoms with Crippen molar-refractivity contribution < 1.29 is 14.3 Å². The van der Waals surface area contributed by atoms with Crippen LogP contribution in [-0.2, 0) is 9.53 Å². The van der Waals surface area contributed by atoms with Gasteiger partial charge in [-0.3, -0.25) is 4.79 Å². The zero-order valence-corrected chi connectivity index (χ0v) is 15.0. The molecule has 1 aromatic carbocycles. The molecule has 5 nitrogen and oxygen atoms in total. The number of rotatable bonds is 4. The molecule has 1 atom stereocenters. The number of hydrogen-bond acceptors (Lipinski definition) is 4. The summed E-state index contributed by atoms with van der Waals surface area (Å²) < 4.78 is 10.9. The topological polar surface area (TPSA) is 64.8 Å². The summed E-state index contributed by atoms with van der Waals surface area (Å²) in [5, 5.41) is 0. The van der Waals surface area contributed by atoms with Crippen molar-refractivity contribution in [3.8, 4) is 5.75 Å². The summed E-state index contributed by atoms with van der Waals surface area (Å²) in [5.41, 5.74) is 6.75. The Labute approximate surface area is 149 Å². The van der Waals surface area contributed by atoms with E-state index < -0.39 is 5.41 Å². The lowest BCUT2D eigenvalue weighted by Crippen LogP contribution is -2.50. The lowest BCUT2D eigenvalue weighted by Gasteiger charge is -2.37. The summed E-state index contributed by atoms with van der Waals surface area (Å²) in [5.74, 6) is 1.46. The fourth-order valence-corrected chi connectivity index (χ4v) is 3.81. The number of para-hydroxylation sites is 1. The Balaban J connectivity index is 0.00000208. The van der Waals surface area contributed by atoms with E-state index >= 15 is 0 Å². The summed E-state index contributed by atoms with van der Waals surface area (Å²) in [7, 11) is 1.70. The van der Waals surface area contributed by atoms with Gasteiger partial charge in [0.15, 0.2) is 0 Å². The third-order valence-electron chi connectivity index (χ3n) is 5.35. The highest BCUT2D eigenvalue weighted by Crippen LogP contribution is 2.37. The van der Waals surface area contributed by atoms with Crippen LogP contribution in [0.1, 0.15) is 30.7 Å². The van der Waals surface area contributed by atoms with Crippen LogP contribution in [0.5, 0.6) is 5.75 Å². The first-order chi connectivity index (χ1) is 11.2. The summed E-state index contributed by atoms with van der Waals surface area (Å²) in [6, 6.07) is 8.10. The van der Waals surface area contributed by atoms with E-state index in [0.29, 0.717) is 25.7 Å². The average molecular weight is 355 g/mol. The fourth-order valence-electron chi connectivity index (χ4n) is 3.81. The van der Waals surface area contributed by atoms with E-state index in [1.54, 1.807) is 7.11 Å². The number of amides is 1. The molecule has 3 rings (SSSR count). The maximum Gasteiger partial charge on any atom is 0.230 e. The van der Waals surface area contributed by atoms with Gasteiger partial charge in [-0.2, -0.15) is 0 Å². The number of methoxy groups -OCH3 is 1. The standard InChI is InChI=1S/C18H26N2O3.ClH/c1-22-16-5-3-2-4-15(16)14-6-9-20(12-14)17(21)18(13-19)7-10-23-11-8-18;/h2-5,14H,6-13,19H2,1H3;1H. The maximum atomic E-state index is 13.0. The monoisotopic (exact) mass is 354 g/mol. The molecular formula is C18H27ClN2O3. The first-order valence-electron chi connectivity index (χ1n) is 8.40. The van der Waals surface area contributed by atoms with Gasteiger partial charge in [0.05, 0.1) is 12.5 Å². The molecule has 1 aromatic rings. The zero-order valence-electron chi connectivity index (χ0n) is 14.2. The van der Waals surface area contributed by atoms with Crippen LogP contribution in [0.4, 0.5) is 0 Å². The van der Waals surface area contributed by atoms with Crippen molar-refractivity contribution in [1.82, 2.24) is 4.90 Å². The highest BCUT2D eigenvalue weighted by Gasteiger charge is 2.43. The lowest BCUT2D eigenvalue weighted by atomic mass is 9.79. The number of likely N-dealkylation sites (tertiary alicyclic amines) is 1. The van der Waals surface area contributed by atoms with E-state index in [0.717, 1.165) is 38.1 Å². The van der Waals surface area contributed by atoms with Gasteiger partial charge in [-0.25, -0.2) is 0 Å². The molecule has 2 aliphatic rings. The number of halogens is 1. The van der Waals surface area contributed by atoms with E-state index in [4.69, 9.17) is 15.2 Å². The Morgan fingerprint density at radius 1 is 1.38 bits per heavy atom. The van der Waals surface area contributed by atoms with Crippen LogP contribution >= 0.6 is 12.4 Å². The van der Waals surface area contributed by atoms with Crippen LogP contribution < -0.4 is 10.5 Å². The van der Waals surface area contributed by atoms with E-state index in [-0.39, 0.29) is 18.3 Å². The Hall–Kier alpha value is -1.30. The van der Waals surface area contributed by atoms with Gasteiger partial charge >= 0.3 is 0 Å². The van der Waals surface area contributed by atoms with Crippen molar-refractivity contribution in [3.63, 3.8) is 0 Å². The van der Waals surface area contributed by atoms with E-state index in [9.17, 15) is 4.79 Å². The van der Waals surface area contributed by atoms with Crippen LogP contribution in [0, 0.1) is 5.41 Å². The normalized spacial score (nSPS) is 22.8. The molecule has 6 heteroatoms. The molecule has 0 bridgehead atoms. The predicted molar refractivity (Wildman–Crippen MR) is 95.7 cm³/mol. The fraction of sp³-hybridized carbons (Fsp3) is 0.611. The summed E-state index contributed by atoms with van der Waals surface area (Å²) >= 11 is 0. The lowest BCUT2D eigenvalue weighted by molar-refractivity contribution is -0.146. The van der Waals surface area contributed by atoms with Crippen LogP contribution in [0.2, 0.25) is 0 Å². The predicted octanol–water partition coefficient (Wildman–Crippen LogP) is 2.19. The van der Waals surface area contributed by atoms with Gasteiger partial charge in [-0.15, -0.1) is 12.4 Å². The van der Waals surface area contributed by atoms with Crippen LogP contribution in [0.3, 0.4) is 0 Å². The van der Waals surface area contributed by atoms with Gasteiger partial charge < -0.3 is 20.1 Å². The molecule has 0 radical (unpaired) electrons. The molecular weight excluding hydrogens is 328 g/mol. The number of ether oxygens (including phenoxy) is 2. The van der Waals surface area contributed by atoms with E-state index in [2.05, 4.69) is 6.07 Å². The number of benzene rings is 1. The molecule has 0 spiro atoms. The minimum absolute atomic E-state index is 0. The number of nitrogens with two attached hydrogens (primary N) is 1. The molecule has 0 aliphatic carbocycles. The quantitative estimate of drug-likeness (QED) is 0.900. The van der Waals surface area contributed by atoms with Gasteiger partial charge in [0, 0.05) is 38.8 Å². The van der Waals surface area contributed by atoms with Gasteiger partial charge in [0.2, 0.25) is 5.91 Å². The highest BCUT2D eigenvalue weighted by atomic mass is 35.5. The minimum Gasteiger partial charge on any atom is -0.496 e. The molecule has 134 valence electrons. The number of carbonyl (C=O) groups is 1. The molecule has 2 saturated heterocycles. The molecule has 24 heavy (non-hydrogen) atoms. The molecule has 2 aliphatic heterocycles. The van der Waals surface area contributed by atoms with Gasteiger partial charge in [0.1, 0.15) is 5.75 Å². The largest absolute Gasteiger partial charge is 0.496 e. The SMILES string of the molecule is COc1ccccc1C1CCN(C(=O)C2(CN)CCOCC2)C1.Cl.